The zero-order chi connectivity index (χ0) is 9.54. The Labute approximate surface area is 90.8 Å². The Morgan fingerprint density at radius 3 is 2.86 bits per heavy atom. The highest BCUT2D eigenvalue weighted by atomic mass is 79.9. The average molecular weight is 257 g/mol. The third-order valence-electron chi connectivity index (χ3n) is 2.50. The molecule has 0 radical (unpaired) electrons. The van der Waals surface area contributed by atoms with Gasteiger partial charge in [0.2, 0.25) is 5.75 Å². The standard InChI is InChI=1S/C10H11BrNO2/c11-7-5-9-10(14-4-3-13-9)12(6-7)8-1-2-8/h5-6,8H,1-4H2/q+1. The molecular weight excluding hydrogens is 246 g/mol. The maximum atomic E-state index is 5.63. The molecule has 4 heteroatoms. The SMILES string of the molecule is Brc1cc2c([n+](C3CC3)c1)OCCO2. The van der Waals surface area contributed by atoms with Gasteiger partial charge in [-0.25, -0.2) is 0 Å². The zero-order valence-electron chi connectivity index (χ0n) is 7.70. The number of rotatable bonds is 1. The fourth-order valence-electron chi connectivity index (χ4n) is 1.71. The number of hydrogen-bond donors (Lipinski definition) is 0. The first-order valence-corrected chi connectivity index (χ1v) is 5.64. The molecule has 74 valence electrons. The Balaban J connectivity index is 2.12. The fraction of sp³-hybridized carbons (Fsp3) is 0.500. The van der Waals surface area contributed by atoms with Crippen molar-refractivity contribution in [3.63, 3.8) is 0 Å². The Bertz CT molecular complexity index is 377. The summed E-state index contributed by atoms with van der Waals surface area (Å²) in [6.07, 6.45) is 4.57. The molecule has 0 N–H and O–H groups in total. The van der Waals surface area contributed by atoms with E-state index in [9.17, 15) is 0 Å². The second-order valence-electron chi connectivity index (χ2n) is 3.66. The van der Waals surface area contributed by atoms with E-state index in [1.807, 2.05) is 6.07 Å². The maximum absolute atomic E-state index is 5.63. The van der Waals surface area contributed by atoms with Crippen LogP contribution in [0.5, 0.6) is 11.6 Å². The van der Waals surface area contributed by atoms with Crippen LogP contribution in [0.3, 0.4) is 0 Å². The topological polar surface area (TPSA) is 22.3 Å². The first-order chi connectivity index (χ1) is 6.84. The van der Waals surface area contributed by atoms with Crippen molar-refractivity contribution in [3.8, 4) is 11.6 Å². The van der Waals surface area contributed by atoms with Crippen LogP contribution in [0.4, 0.5) is 0 Å². The minimum absolute atomic E-state index is 0.614. The molecule has 0 unspecified atom stereocenters. The second kappa shape index (κ2) is 3.12. The highest BCUT2D eigenvalue weighted by Crippen LogP contribution is 2.36. The van der Waals surface area contributed by atoms with Gasteiger partial charge >= 0.3 is 5.88 Å². The number of fused-ring (bicyclic) bond motifs is 1. The number of halogens is 1. The van der Waals surface area contributed by atoms with Gasteiger partial charge < -0.3 is 9.47 Å². The third-order valence-corrected chi connectivity index (χ3v) is 2.93. The van der Waals surface area contributed by atoms with E-state index in [1.54, 1.807) is 0 Å². The van der Waals surface area contributed by atoms with E-state index in [1.165, 1.54) is 12.8 Å². The smallest absolute Gasteiger partial charge is 0.411 e. The van der Waals surface area contributed by atoms with Crippen LogP contribution >= 0.6 is 15.9 Å². The fourth-order valence-corrected chi connectivity index (χ4v) is 2.13. The predicted octanol–water partition coefficient (Wildman–Crippen LogP) is 1.84. The Hall–Kier alpha value is -0.770. The molecule has 1 aliphatic carbocycles. The lowest BCUT2D eigenvalue weighted by Gasteiger charge is -2.16. The number of aromatic nitrogens is 1. The molecule has 0 saturated heterocycles. The predicted molar refractivity (Wildman–Crippen MR) is 53.6 cm³/mol. The lowest BCUT2D eigenvalue weighted by atomic mass is 10.4. The van der Waals surface area contributed by atoms with Gasteiger partial charge in [-0.3, -0.25) is 0 Å². The molecule has 0 bridgehead atoms. The summed E-state index contributed by atoms with van der Waals surface area (Å²) >= 11 is 3.48. The number of ether oxygens (including phenoxy) is 2. The van der Waals surface area contributed by atoms with Gasteiger partial charge in [0, 0.05) is 18.9 Å². The van der Waals surface area contributed by atoms with Crippen molar-refractivity contribution in [1.82, 2.24) is 0 Å². The summed E-state index contributed by atoms with van der Waals surface area (Å²) in [6, 6.07) is 2.58. The van der Waals surface area contributed by atoms with Crippen molar-refractivity contribution in [3.05, 3.63) is 16.7 Å². The van der Waals surface area contributed by atoms with Gasteiger partial charge in [-0.05, 0) is 15.9 Å². The minimum Gasteiger partial charge on any atom is -0.481 e. The number of hydrogen-bond acceptors (Lipinski definition) is 2. The summed E-state index contributed by atoms with van der Waals surface area (Å²) in [5, 5.41) is 0. The van der Waals surface area contributed by atoms with Crippen LogP contribution in [0.2, 0.25) is 0 Å². The molecule has 1 fully saturated rings. The summed E-state index contributed by atoms with van der Waals surface area (Å²) in [5.41, 5.74) is 0. The summed E-state index contributed by atoms with van der Waals surface area (Å²) in [7, 11) is 0. The van der Waals surface area contributed by atoms with E-state index in [0.29, 0.717) is 19.3 Å². The summed E-state index contributed by atoms with van der Waals surface area (Å²) in [4.78, 5) is 0. The number of pyridine rings is 1. The zero-order valence-corrected chi connectivity index (χ0v) is 9.29. The molecule has 2 aliphatic rings. The number of nitrogens with zero attached hydrogens (tertiary/aromatic N) is 1. The quantitative estimate of drug-likeness (QED) is 0.716. The minimum atomic E-state index is 0.614. The van der Waals surface area contributed by atoms with Crippen molar-refractivity contribution in [2.45, 2.75) is 18.9 Å². The molecule has 1 aliphatic heterocycles. The molecule has 1 saturated carbocycles. The molecular formula is C10H11BrNO2+. The Kier molecular flexibility index (Phi) is 1.90. The van der Waals surface area contributed by atoms with Crippen LogP contribution in [-0.2, 0) is 0 Å². The summed E-state index contributed by atoms with van der Waals surface area (Å²) in [5.74, 6) is 1.75. The van der Waals surface area contributed by atoms with Gasteiger partial charge in [0.25, 0.3) is 0 Å². The van der Waals surface area contributed by atoms with Crippen molar-refractivity contribution in [2.24, 2.45) is 0 Å². The summed E-state index contributed by atoms with van der Waals surface area (Å²) in [6.45, 7) is 1.30. The van der Waals surface area contributed by atoms with Crippen molar-refractivity contribution >= 4 is 15.9 Å². The highest BCUT2D eigenvalue weighted by Gasteiger charge is 2.38. The molecule has 1 aromatic heterocycles. The van der Waals surface area contributed by atoms with E-state index in [-0.39, 0.29) is 0 Å². The molecule has 0 aromatic carbocycles. The normalized spacial score (nSPS) is 19.5. The van der Waals surface area contributed by atoms with Gasteiger partial charge in [-0.2, -0.15) is 4.57 Å². The van der Waals surface area contributed by atoms with Gasteiger partial charge in [-0.15, -0.1) is 0 Å². The van der Waals surface area contributed by atoms with Crippen molar-refractivity contribution in [2.75, 3.05) is 13.2 Å². The highest BCUT2D eigenvalue weighted by molar-refractivity contribution is 9.10. The van der Waals surface area contributed by atoms with Crippen LogP contribution in [-0.4, -0.2) is 13.2 Å². The average Bonchev–Trinajstić information content (AvgIpc) is 2.99. The van der Waals surface area contributed by atoms with Crippen molar-refractivity contribution in [1.29, 1.82) is 0 Å². The first kappa shape index (κ1) is 8.53. The van der Waals surface area contributed by atoms with E-state index in [2.05, 4.69) is 26.7 Å². The molecule has 2 heterocycles. The largest absolute Gasteiger partial charge is 0.481 e. The molecule has 3 nitrogen and oxygen atoms in total. The maximum Gasteiger partial charge on any atom is 0.411 e. The molecule has 0 amide bonds. The monoisotopic (exact) mass is 256 g/mol. The van der Waals surface area contributed by atoms with Crippen LogP contribution in [0, 0.1) is 0 Å². The van der Waals surface area contributed by atoms with E-state index < -0.39 is 0 Å². The van der Waals surface area contributed by atoms with E-state index in [0.717, 1.165) is 16.1 Å². The molecule has 14 heavy (non-hydrogen) atoms. The molecule has 3 rings (SSSR count). The van der Waals surface area contributed by atoms with Crippen LogP contribution in [0.1, 0.15) is 18.9 Å². The van der Waals surface area contributed by atoms with Crippen LogP contribution in [0.15, 0.2) is 16.7 Å². The third kappa shape index (κ3) is 1.38. The lowest BCUT2D eigenvalue weighted by Crippen LogP contribution is -2.37. The molecule has 1 aromatic rings. The van der Waals surface area contributed by atoms with E-state index in [4.69, 9.17) is 9.47 Å². The van der Waals surface area contributed by atoms with Crippen LogP contribution < -0.4 is 14.0 Å². The van der Waals surface area contributed by atoms with Crippen LogP contribution in [0.25, 0.3) is 0 Å². The van der Waals surface area contributed by atoms with Gasteiger partial charge in [0.05, 0.1) is 4.47 Å². The second-order valence-corrected chi connectivity index (χ2v) is 4.58. The lowest BCUT2D eigenvalue weighted by molar-refractivity contribution is -0.706. The van der Waals surface area contributed by atoms with Gasteiger partial charge in [-0.1, -0.05) is 0 Å². The van der Waals surface area contributed by atoms with Crippen molar-refractivity contribution < 1.29 is 14.0 Å². The summed E-state index contributed by atoms with van der Waals surface area (Å²) < 4.78 is 14.4. The van der Waals surface area contributed by atoms with E-state index >= 15 is 0 Å². The molecule has 0 spiro atoms. The Morgan fingerprint density at radius 1 is 1.29 bits per heavy atom. The first-order valence-electron chi connectivity index (χ1n) is 4.85. The Morgan fingerprint density at radius 2 is 2.07 bits per heavy atom. The van der Waals surface area contributed by atoms with Gasteiger partial charge in [0.1, 0.15) is 13.2 Å². The molecule has 0 atom stereocenters. The van der Waals surface area contributed by atoms with Gasteiger partial charge in [0.15, 0.2) is 12.2 Å².